The lowest BCUT2D eigenvalue weighted by Crippen LogP contribution is -2.43. The molecule has 0 aliphatic rings. The Hall–Kier alpha value is -0.0800. The van der Waals surface area contributed by atoms with E-state index >= 15 is 0 Å². The molecule has 0 amide bonds. The van der Waals surface area contributed by atoms with E-state index < -0.39 is 0 Å². The van der Waals surface area contributed by atoms with Gasteiger partial charge in [-0.2, -0.15) is 0 Å². The van der Waals surface area contributed by atoms with E-state index in [0.717, 1.165) is 0 Å². The topological polar surface area (TPSA) is 24.1 Å². The second kappa shape index (κ2) is 19.0. The van der Waals surface area contributed by atoms with Crippen LogP contribution in [0.1, 0.15) is 111 Å². The van der Waals surface area contributed by atoms with Crippen molar-refractivity contribution in [3.05, 3.63) is 0 Å². The molecule has 0 spiro atoms. The van der Waals surface area contributed by atoms with Crippen LogP contribution in [0.3, 0.4) is 0 Å². The second-order valence-electron chi connectivity index (χ2n) is 6.79. The summed E-state index contributed by atoms with van der Waals surface area (Å²) in [5.41, 5.74) is 0. The van der Waals surface area contributed by atoms with Crippen molar-refractivity contribution in [1.82, 2.24) is 10.6 Å². The molecule has 0 unspecified atom stereocenters. The molecule has 0 bridgehead atoms. The molecule has 0 saturated carbocycles. The van der Waals surface area contributed by atoms with Crippen molar-refractivity contribution < 1.29 is 0 Å². The lowest BCUT2D eigenvalue weighted by Gasteiger charge is -2.20. The van der Waals surface area contributed by atoms with Crippen molar-refractivity contribution in [2.45, 2.75) is 117 Å². The molecule has 0 aliphatic carbocycles. The quantitative estimate of drug-likeness (QED) is 0.239. The molecular formula is C20H44N2. The average Bonchev–Trinajstić information content (AvgIpc) is 2.53. The van der Waals surface area contributed by atoms with E-state index in [9.17, 15) is 0 Å². The summed E-state index contributed by atoms with van der Waals surface area (Å²) in [4.78, 5) is 0. The van der Waals surface area contributed by atoms with Crippen molar-refractivity contribution in [3.63, 3.8) is 0 Å². The van der Waals surface area contributed by atoms with Crippen molar-refractivity contribution in [1.29, 1.82) is 0 Å². The maximum Gasteiger partial charge on any atom is 0.0571 e. The maximum absolute atomic E-state index is 3.71. The van der Waals surface area contributed by atoms with E-state index in [1.165, 1.54) is 103 Å². The third-order valence-corrected chi connectivity index (χ3v) is 4.42. The fraction of sp³-hybridized carbons (Fsp3) is 1.00. The van der Waals surface area contributed by atoms with E-state index in [1.807, 2.05) is 0 Å². The van der Waals surface area contributed by atoms with Gasteiger partial charge in [-0.25, -0.2) is 0 Å². The minimum absolute atomic E-state index is 0.538. The van der Waals surface area contributed by atoms with Crippen molar-refractivity contribution in [2.75, 3.05) is 13.1 Å². The van der Waals surface area contributed by atoms with E-state index in [1.54, 1.807) is 0 Å². The van der Waals surface area contributed by atoms with E-state index in [-0.39, 0.29) is 0 Å². The molecule has 0 saturated heterocycles. The van der Waals surface area contributed by atoms with Gasteiger partial charge >= 0.3 is 0 Å². The Balaban J connectivity index is 3.44. The fourth-order valence-electron chi connectivity index (χ4n) is 2.93. The second-order valence-corrected chi connectivity index (χ2v) is 6.79. The summed E-state index contributed by atoms with van der Waals surface area (Å²) in [6, 6.07) is 0. The molecule has 2 N–H and O–H groups in total. The molecule has 2 nitrogen and oxygen atoms in total. The van der Waals surface area contributed by atoms with Crippen LogP contribution >= 0.6 is 0 Å². The molecule has 0 aromatic carbocycles. The molecular weight excluding hydrogens is 268 g/mol. The van der Waals surface area contributed by atoms with Crippen LogP contribution in [0.5, 0.6) is 0 Å². The number of rotatable bonds is 18. The van der Waals surface area contributed by atoms with Gasteiger partial charge in [0.2, 0.25) is 0 Å². The van der Waals surface area contributed by atoms with Gasteiger partial charge < -0.3 is 10.6 Å². The van der Waals surface area contributed by atoms with Gasteiger partial charge in [-0.3, -0.25) is 0 Å². The first kappa shape index (κ1) is 21.9. The normalized spacial score (nSPS) is 11.5. The highest BCUT2D eigenvalue weighted by Crippen LogP contribution is 2.06. The minimum Gasteiger partial charge on any atom is -0.302 e. The SMILES string of the molecule is CCCCCCCCNC(CCC)NCCCCCCCC. The van der Waals surface area contributed by atoms with Crippen LogP contribution in [0, 0.1) is 0 Å². The third-order valence-electron chi connectivity index (χ3n) is 4.42. The van der Waals surface area contributed by atoms with Crippen LogP contribution < -0.4 is 10.6 Å². The summed E-state index contributed by atoms with van der Waals surface area (Å²) in [5.74, 6) is 0. The number of nitrogens with one attached hydrogen (secondary N) is 2. The van der Waals surface area contributed by atoms with E-state index in [4.69, 9.17) is 0 Å². The summed E-state index contributed by atoms with van der Waals surface area (Å²) in [5, 5.41) is 7.42. The molecule has 0 radical (unpaired) electrons. The van der Waals surface area contributed by atoms with Crippen molar-refractivity contribution >= 4 is 0 Å². The highest BCUT2D eigenvalue weighted by molar-refractivity contribution is 4.64. The number of hydrogen-bond donors (Lipinski definition) is 2. The zero-order valence-corrected chi connectivity index (χ0v) is 15.9. The van der Waals surface area contributed by atoms with Crippen LogP contribution in [-0.4, -0.2) is 19.3 Å². The van der Waals surface area contributed by atoms with Crippen LogP contribution in [0.4, 0.5) is 0 Å². The summed E-state index contributed by atoms with van der Waals surface area (Å²) in [6.07, 6.45) is 19.7. The summed E-state index contributed by atoms with van der Waals surface area (Å²) in [7, 11) is 0. The zero-order chi connectivity index (χ0) is 16.3. The molecule has 0 rings (SSSR count). The van der Waals surface area contributed by atoms with Gasteiger partial charge in [0, 0.05) is 0 Å². The Morgan fingerprint density at radius 1 is 0.500 bits per heavy atom. The largest absolute Gasteiger partial charge is 0.302 e. The smallest absolute Gasteiger partial charge is 0.0571 e. The van der Waals surface area contributed by atoms with E-state index in [0.29, 0.717) is 6.17 Å². The molecule has 0 heterocycles. The van der Waals surface area contributed by atoms with Crippen LogP contribution in [0.25, 0.3) is 0 Å². The zero-order valence-electron chi connectivity index (χ0n) is 15.9. The van der Waals surface area contributed by atoms with Gasteiger partial charge in [-0.1, -0.05) is 91.4 Å². The number of unbranched alkanes of at least 4 members (excludes halogenated alkanes) is 10. The van der Waals surface area contributed by atoms with Crippen molar-refractivity contribution in [2.24, 2.45) is 0 Å². The maximum atomic E-state index is 3.71. The Morgan fingerprint density at radius 3 is 1.32 bits per heavy atom. The average molecular weight is 313 g/mol. The lowest BCUT2D eigenvalue weighted by molar-refractivity contribution is 0.385. The highest BCUT2D eigenvalue weighted by Gasteiger charge is 2.04. The molecule has 0 fully saturated rings. The summed E-state index contributed by atoms with van der Waals surface area (Å²) < 4.78 is 0. The van der Waals surface area contributed by atoms with Crippen LogP contribution in [0.15, 0.2) is 0 Å². The molecule has 134 valence electrons. The summed E-state index contributed by atoms with van der Waals surface area (Å²) in [6.45, 7) is 9.21. The minimum atomic E-state index is 0.538. The Kier molecular flexibility index (Phi) is 18.9. The predicted molar refractivity (Wildman–Crippen MR) is 101 cm³/mol. The Labute approximate surface area is 141 Å². The monoisotopic (exact) mass is 312 g/mol. The first-order valence-electron chi connectivity index (χ1n) is 10.3. The highest BCUT2D eigenvalue weighted by atomic mass is 15.1. The van der Waals surface area contributed by atoms with Crippen LogP contribution in [0.2, 0.25) is 0 Å². The molecule has 22 heavy (non-hydrogen) atoms. The summed E-state index contributed by atoms with van der Waals surface area (Å²) >= 11 is 0. The van der Waals surface area contributed by atoms with E-state index in [2.05, 4.69) is 31.4 Å². The molecule has 2 heteroatoms. The van der Waals surface area contributed by atoms with Crippen molar-refractivity contribution in [3.8, 4) is 0 Å². The first-order valence-corrected chi connectivity index (χ1v) is 10.3. The fourth-order valence-corrected chi connectivity index (χ4v) is 2.93. The standard InChI is InChI=1S/C20H44N2/c1-4-7-9-11-13-15-18-21-20(17-6-3)22-19-16-14-12-10-8-5-2/h20-22H,4-19H2,1-3H3. The Bertz CT molecular complexity index is 176. The molecule has 0 aliphatic heterocycles. The van der Waals surface area contributed by atoms with Gasteiger partial charge in [0.05, 0.1) is 6.17 Å². The Morgan fingerprint density at radius 2 is 0.909 bits per heavy atom. The molecule has 0 aromatic rings. The van der Waals surface area contributed by atoms with Gasteiger partial charge in [0.15, 0.2) is 0 Å². The van der Waals surface area contributed by atoms with Gasteiger partial charge in [-0.05, 0) is 32.4 Å². The van der Waals surface area contributed by atoms with Gasteiger partial charge in [0.1, 0.15) is 0 Å². The molecule has 0 aromatic heterocycles. The van der Waals surface area contributed by atoms with Gasteiger partial charge in [0.25, 0.3) is 0 Å². The molecule has 0 atom stereocenters. The van der Waals surface area contributed by atoms with Gasteiger partial charge in [-0.15, -0.1) is 0 Å². The van der Waals surface area contributed by atoms with Crippen LogP contribution in [-0.2, 0) is 0 Å². The first-order chi connectivity index (χ1) is 10.8. The third kappa shape index (κ3) is 16.3. The predicted octanol–water partition coefficient (Wildman–Crippen LogP) is 6.01. The lowest BCUT2D eigenvalue weighted by atomic mass is 10.1. The number of hydrogen-bond acceptors (Lipinski definition) is 2.